The van der Waals surface area contributed by atoms with Crippen molar-refractivity contribution in [3.8, 4) is 0 Å². The standard InChI is InChI=1S/C20H35N/c1-13-12-17-15-8-7-14-6-4-5-10-19(14,2)16(15)9-11-20(17,3)18(13)21/h13-18H,4-12,21H2,1-3H3/t13?,14?,15-,16-,17+,18?,19+,20+/m1/s1. The van der Waals surface area contributed by atoms with Gasteiger partial charge in [-0.3, -0.25) is 0 Å². The maximum atomic E-state index is 6.65. The molecule has 0 bridgehead atoms. The van der Waals surface area contributed by atoms with E-state index in [-0.39, 0.29) is 0 Å². The van der Waals surface area contributed by atoms with Crippen molar-refractivity contribution in [1.29, 1.82) is 0 Å². The fourth-order valence-corrected chi connectivity index (χ4v) is 7.70. The molecule has 0 aliphatic heterocycles. The van der Waals surface area contributed by atoms with Crippen LogP contribution in [-0.4, -0.2) is 6.04 Å². The molecule has 0 amide bonds. The fraction of sp³-hybridized carbons (Fsp3) is 1.00. The van der Waals surface area contributed by atoms with Gasteiger partial charge in [-0.2, -0.15) is 0 Å². The SMILES string of the molecule is CC1C[C@H]2[C@@H]3CCC4CCCC[C@]4(C)[C@@H]3CC[C@]2(C)C1N. The average Bonchev–Trinajstić information content (AvgIpc) is 2.70. The van der Waals surface area contributed by atoms with Crippen LogP contribution in [0.5, 0.6) is 0 Å². The molecular weight excluding hydrogens is 254 g/mol. The Balaban J connectivity index is 1.65. The second-order valence-corrected chi connectivity index (χ2v) is 9.69. The summed E-state index contributed by atoms with van der Waals surface area (Å²) in [5.74, 6) is 4.74. The zero-order chi connectivity index (χ0) is 14.8. The van der Waals surface area contributed by atoms with Gasteiger partial charge in [0.1, 0.15) is 0 Å². The van der Waals surface area contributed by atoms with Crippen molar-refractivity contribution in [1.82, 2.24) is 0 Å². The molecule has 1 nitrogen and oxygen atoms in total. The zero-order valence-corrected chi connectivity index (χ0v) is 14.4. The van der Waals surface area contributed by atoms with Crippen LogP contribution in [0.3, 0.4) is 0 Å². The van der Waals surface area contributed by atoms with Crippen LogP contribution < -0.4 is 5.73 Å². The van der Waals surface area contributed by atoms with Crippen molar-refractivity contribution < 1.29 is 0 Å². The molecule has 4 saturated carbocycles. The number of rotatable bonds is 0. The summed E-state index contributed by atoms with van der Waals surface area (Å²) in [5.41, 5.74) is 7.79. The number of fused-ring (bicyclic) bond motifs is 5. The van der Waals surface area contributed by atoms with Gasteiger partial charge in [0.25, 0.3) is 0 Å². The van der Waals surface area contributed by atoms with Gasteiger partial charge < -0.3 is 5.73 Å². The van der Waals surface area contributed by atoms with E-state index in [9.17, 15) is 0 Å². The predicted octanol–water partition coefficient (Wildman–Crippen LogP) is 4.99. The topological polar surface area (TPSA) is 26.0 Å². The van der Waals surface area contributed by atoms with E-state index in [2.05, 4.69) is 20.8 Å². The molecule has 0 aromatic rings. The number of nitrogens with two attached hydrogens (primary N) is 1. The van der Waals surface area contributed by atoms with Gasteiger partial charge >= 0.3 is 0 Å². The Kier molecular flexibility index (Phi) is 3.27. The summed E-state index contributed by atoms with van der Waals surface area (Å²) < 4.78 is 0. The van der Waals surface area contributed by atoms with Crippen LogP contribution in [0.15, 0.2) is 0 Å². The summed E-state index contributed by atoms with van der Waals surface area (Å²) in [6, 6.07) is 0.459. The van der Waals surface area contributed by atoms with E-state index < -0.39 is 0 Å². The van der Waals surface area contributed by atoms with E-state index in [1.807, 2.05) is 0 Å². The normalized spacial score (nSPS) is 60.0. The Morgan fingerprint density at radius 3 is 2.48 bits per heavy atom. The third-order valence-corrected chi connectivity index (χ3v) is 9.02. The van der Waals surface area contributed by atoms with Crippen LogP contribution in [0.4, 0.5) is 0 Å². The quantitative estimate of drug-likeness (QED) is 0.668. The number of hydrogen-bond acceptors (Lipinski definition) is 1. The predicted molar refractivity (Wildman–Crippen MR) is 88.9 cm³/mol. The van der Waals surface area contributed by atoms with E-state index in [0.29, 0.717) is 16.9 Å². The van der Waals surface area contributed by atoms with Crippen LogP contribution in [0.25, 0.3) is 0 Å². The molecule has 4 rings (SSSR count). The molecule has 0 aromatic carbocycles. The summed E-state index contributed by atoms with van der Waals surface area (Å²) in [7, 11) is 0. The van der Waals surface area contributed by atoms with E-state index in [1.54, 1.807) is 0 Å². The molecule has 21 heavy (non-hydrogen) atoms. The Labute approximate surface area is 131 Å². The van der Waals surface area contributed by atoms with Crippen molar-refractivity contribution in [2.24, 2.45) is 46.2 Å². The minimum absolute atomic E-state index is 0.457. The lowest BCUT2D eigenvalue weighted by molar-refractivity contribution is -0.105. The highest BCUT2D eigenvalue weighted by atomic mass is 14.8. The van der Waals surface area contributed by atoms with Crippen LogP contribution in [0.1, 0.15) is 78.6 Å². The molecule has 1 heteroatoms. The summed E-state index contributed by atoms with van der Waals surface area (Å²) in [6.07, 6.45) is 13.4. The second kappa shape index (κ2) is 4.73. The second-order valence-electron chi connectivity index (χ2n) is 9.69. The van der Waals surface area contributed by atoms with Gasteiger partial charge in [0.05, 0.1) is 0 Å². The van der Waals surface area contributed by atoms with Crippen LogP contribution in [0, 0.1) is 40.4 Å². The number of hydrogen-bond donors (Lipinski definition) is 1. The Bertz CT molecular complexity index is 418. The molecule has 0 radical (unpaired) electrons. The summed E-state index contributed by atoms with van der Waals surface area (Å²) in [4.78, 5) is 0. The van der Waals surface area contributed by atoms with E-state index in [1.165, 1.54) is 57.8 Å². The third-order valence-electron chi connectivity index (χ3n) is 9.02. The Hall–Kier alpha value is -0.0400. The highest BCUT2D eigenvalue weighted by Gasteiger charge is 2.60. The van der Waals surface area contributed by atoms with E-state index in [0.717, 1.165) is 29.6 Å². The van der Waals surface area contributed by atoms with Crippen LogP contribution in [0.2, 0.25) is 0 Å². The first-order valence-electron chi connectivity index (χ1n) is 9.72. The Morgan fingerprint density at radius 2 is 1.67 bits per heavy atom. The molecule has 8 atom stereocenters. The molecule has 0 aromatic heterocycles. The molecular formula is C20H35N. The van der Waals surface area contributed by atoms with Gasteiger partial charge in [0.2, 0.25) is 0 Å². The first-order chi connectivity index (χ1) is 9.97. The summed E-state index contributed by atoms with van der Waals surface area (Å²) in [5, 5.41) is 0. The van der Waals surface area contributed by atoms with Gasteiger partial charge in [-0.15, -0.1) is 0 Å². The maximum Gasteiger partial charge on any atom is 0.0122 e. The van der Waals surface area contributed by atoms with Gasteiger partial charge in [-0.05, 0) is 85.4 Å². The largest absolute Gasteiger partial charge is 0.327 e. The minimum Gasteiger partial charge on any atom is -0.327 e. The molecule has 120 valence electrons. The molecule has 4 aliphatic rings. The van der Waals surface area contributed by atoms with Crippen LogP contribution in [-0.2, 0) is 0 Å². The minimum atomic E-state index is 0.457. The van der Waals surface area contributed by atoms with Gasteiger partial charge in [-0.1, -0.05) is 33.6 Å². The smallest absolute Gasteiger partial charge is 0.0122 e. The van der Waals surface area contributed by atoms with Crippen molar-refractivity contribution >= 4 is 0 Å². The van der Waals surface area contributed by atoms with Gasteiger partial charge in [0, 0.05) is 6.04 Å². The molecule has 3 unspecified atom stereocenters. The summed E-state index contributed by atoms with van der Waals surface area (Å²) in [6.45, 7) is 7.63. The lowest BCUT2D eigenvalue weighted by Gasteiger charge is -2.60. The molecule has 0 spiro atoms. The van der Waals surface area contributed by atoms with E-state index in [4.69, 9.17) is 5.73 Å². The fourth-order valence-electron chi connectivity index (χ4n) is 7.70. The first kappa shape index (κ1) is 14.5. The molecule has 0 saturated heterocycles. The zero-order valence-electron chi connectivity index (χ0n) is 14.4. The third kappa shape index (κ3) is 1.85. The first-order valence-corrected chi connectivity index (χ1v) is 9.72. The molecule has 4 aliphatic carbocycles. The molecule has 4 fully saturated rings. The van der Waals surface area contributed by atoms with Crippen LogP contribution >= 0.6 is 0 Å². The summed E-state index contributed by atoms with van der Waals surface area (Å²) >= 11 is 0. The van der Waals surface area contributed by atoms with Crippen molar-refractivity contribution in [3.63, 3.8) is 0 Å². The highest BCUT2D eigenvalue weighted by Crippen LogP contribution is 2.66. The van der Waals surface area contributed by atoms with Crippen molar-refractivity contribution in [2.45, 2.75) is 84.6 Å². The Morgan fingerprint density at radius 1 is 0.857 bits per heavy atom. The lowest BCUT2D eigenvalue weighted by Crippen LogP contribution is -2.54. The van der Waals surface area contributed by atoms with E-state index >= 15 is 0 Å². The molecule has 2 N–H and O–H groups in total. The lowest BCUT2D eigenvalue weighted by atomic mass is 9.45. The van der Waals surface area contributed by atoms with Gasteiger partial charge in [0.15, 0.2) is 0 Å². The average molecular weight is 290 g/mol. The monoisotopic (exact) mass is 289 g/mol. The highest BCUT2D eigenvalue weighted by molar-refractivity contribution is 5.11. The van der Waals surface area contributed by atoms with Crippen molar-refractivity contribution in [2.75, 3.05) is 0 Å². The van der Waals surface area contributed by atoms with Gasteiger partial charge in [-0.25, -0.2) is 0 Å². The van der Waals surface area contributed by atoms with Crippen molar-refractivity contribution in [3.05, 3.63) is 0 Å². The maximum absolute atomic E-state index is 6.65. The molecule has 0 heterocycles.